The molecule has 1 aliphatic rings. The van der Waals surface area contributed by atoms with Gasteiger partial charge in [-0.2, -0.15) is 13.2 Å². The summed E-state index contributed by atoms with van der Waals surface area (Å²) in [6, 6.07) is 18.4. The van der Waals surface area contributed by atoms with Crippen LogP contribution in [0.4, 0.5) is 13.2 Å². The Balaban J connectivity index is 1.70. The third kappa shape index (κ3) is 6.07. The molecule has 0 fully saturated rings. The van der Waals surface area contributed by atoms with Crippen molar-refractivity contribution in [3.63, 3.8) is 0 Å². The van der Waals surface area contributed by atoms with E-state index in [-0.39, 0.29) is 35.9 Å². The standard InChI is InChI=1S/C31H28F3N3O4S/c1-35-26(38)13-6-14-36-18-25(30(40)41)37-27(39)17-22(15-20-9-4-8-19-7-2-3-12-24(19)20)28(29(37)42-36)21-10-5-11-23(16-21)31(32,33)34/h2-5,7-12,16-17,25H,6,13-15,18H2,1H3,(H,35,38)(H,40,41). The van der Waals surface area contributed by atoms with Gasteiger partial charge in [0.2, 0.25) is 5.91 Å². The average molecular weight is 596 g/mol. The van der Waals surface area contributed by atoms with Gasteiger partial charge in [-0.25, -0.2) is 9.10 Å². The van der Waals surface area contributed by atoms with Crippen LogP contribution in [0.3, 0.4) is 0 Å². The van der Waals surface area contributed by atoms with Gasteiger partial charge in [0.05, 0.1) is 5.56 Å². The van der Waals surface area contributed by atoms with Crippen LogP contribution in [0.25, 0.3) is 21.9 Å². The van der Waals surface area contributed by atoms with Crippen LogP contribution in [0, 0.1) is 0 Å². The van der Waals surface area contributed by atoms with Crippen LogP contribution in [0.15, 0.2) is 82.6 Å². The third-order valence-corrected chi connectivity index (χ3v) is 8.47. The Bertz CT molecular complexity index is 1710. The zero-order valence-electron chi connectivity index (χ0n) is 22.6. The SMILES string of the molecule is CNC(=O)CCCN1CC(C(=O)O)n2c(c(-c3cccc(C(F)(F)F)c3)c(Cc3cccc4ccccc34)cc2=O)S1. The van der Waals surface area contributed by atoms with Gasteiger partial charge in [0.25, 0.3) is 5.56 Å². The molecule has 3 aromatic carbocycles. The van der Waals surface area contributed by atoms with Crippen molar-refractivity contribution >= 4 is 34.6 Å². The van der Waals surface area contributed by atoms with Crippen LogP contribution >= 0.6 is 11.9 Å². The number of carboxylic acids is 1. The van der Waals surface area contributed by atoms with E-state index in [1.54, 1.807) is 10.4 Å². The number of rotatable bonds is 8. The Labute approximate surface area is 244 Å². The lowest BCUT2D eigenvalue weighted by atomic mass is 9.93. The summed E-state index contributed by atoms with van der Waals surface area (Å²) in [5.41, 5.74) is 0.586. The van der Waals surface area contributed by atoms with E-state index in [0.29, 0.717) is 24.1 Å². The van der Waals surface area contributed by atoms with Crippen molar-refractivity contribution in [1.29, 1.82) is 0 Å². The van der Waals surface area contributed by atoms with Crippen LogP contribution in [-0.4, -0.2) is 46.0 Å². The minimum Gasteiger partial charge on any atom is -0.480 e. The summed E-state index contributed by atoms with van der Waals surface area (Å²) in [6.07, 6.45) is -3.71. The number of carboxylic acid groups (broad SMARTS) is 1. The molecule has 11 heteroatoms. The maximum Gasteiger partial charge on any atom is 0.416 e. The number of pyridine rings is 1. The summed E-state index contributed by atoms with van der Waals surface area (Å²) in [4.78, 5) is 37.7. The Morgan fingerprint density at radius 2 is 1.76 bits per heavy atom. The van der Waals surface area contributed by atoms with Crippen molar-refractivity contribution in [2.45, 2.75) is 36.5 Å². The van der Waals surface area contributed by atoms with Crippen molar-refractivity contribution in [1.82, 2.24) is 14.2 Å². The third-order valence-electron chi connectivity index (χ3n) is 7.31. The molecule has 218 valence electrons. The average Bonchev–Trinajstić information content (AvgIpc) is 2.96. The molecule has 0 radical (unpaired) electrons. The van der Waals surface area contributed by atoms with Crippen LogP contribution in [0.2, 0.25) is 0 Å². The first-order valence-corrected chi connectivity index (χ1v) is 14.1. The highest BCUT2D eigenvalue weighted by Gasteiger charge is 2.36. The highest BCUT2D eigenvalue weighted by molar-refractivity contribution is 7.97. The predicted octanol–water partition coefficient (Wildman–Crippen LogP) is 5.75. The summed E-state index contributed by atoms with van der Waals surface area (Å²) < 4.78 is 44.3. The zero-order chi connectivity index (χ0) is 30.0. The van der Waals surface area contributed by atoms with Crippen molar-refractivity contribution in [3.05, 3.63) is 99.8 Å². The molecule has 2 N–H and O–H groups in total. The summed E-state index contributed by atoms with van der Waals surface area (Å²) in [5.74, 6) is -1.39. The maximum absolute atomic E-state index is 13.8. The van der Waals surface area contributed by atoms with Gasteiger partial charge in [0.1, 0.15) is 11.1 Å². The van der Waals surface area contributed by atoms with Gasteiger partial charge in [0.15, 0.2) is 0 Å². The molecule has 0 saturated carbocycles. The fraction of sp³-hybridized carbons (Fsp3) is 0.258. The van der Waals surface area contributed by atoms with Crippen LogP contribution in [-0.2, 0) is 22.2 Å². The molecule has 1 aromatic heterocycles. The van der Waals surface area contributed by atoms with E-state index in [9.17, 15) is 32.7 Å². The molecule has 1 atom stereocenters. The van der Waals surface area contributed by atoms with Gasteiger partial charge in [-0.3, -0.25) is 14.2 Å². The molecule has 42 heavy (non-hydrogen) atoms. The molecule has 0 aliphatic carbocycles. The van der Waals surface area contributed by atoms with Gasteiger partial charge >= 0.3 is 12.1 Å². The number of nitrogens with zero attached hydrogens (tertiary/aromatic N) is 2. The quantitative estimate of drug-likeness (QED) is 0.252. The van der Waals surface area contributed by atoms with Crippen LogP contribution in [0.1, 0.15) is 35.6 Å². The number of aromatic nitrogens is 1. The number of hydrogen-bond acceptors (Lipinski definition) is 5. The van der Waals surface area contributed by atoms with E-state index >= 15 is 0 Å². The number of aliphatic carboxylic acids is 1. The lowest BCUT2D eigenvalue weighted by molar-refractivity contribution is -0.141. The smallest absolute Gasteiger partial charge is 0.416 e. The number of hydrogen-bond donors (Lipinski definition) is 2. The van der Waals surface area contributed by atoms with Crippen LogP contribution < -0.4 is 10.9 Å². The monoisotopic (exact) mass is 595 g/mol. The number of carbonyl (C=O) groups excluding carboxylic acids is 1. The number of benzene rings is 3. The van der Waals surface area contributed by atoms with Crippen molar-refractivity contribution in [3.8, 4) is 11.1 Å². The number of halogens is 3. The molecular formula is C31H28F3N3O4S. The molecule has 7 nitrogen and oxygen atoms in total. The molecule has 0 bridgehead atoms. The number of nitrogens with one attached hydrogen (secondary N) is 1. The first-order chi connectivity index (χ1) is 20.1. The van der Waals surface area contributed by atoms with Gasteiger partial charge < -0.3 is 10.4 Å². The summed E-state index contributed by atoms with van der Waals surface area (Å²) in [6.45, 7) is 0.330. The minimum absolute atomic E-state index is 0.00858. The Kier molecular flexibility index (Phi) is 8.42. The maximum atomic E-state index is 13.8. The largest absolute Gasteiger partial charge is 0.480 e. The molecule has 1 aliphatic heterocycles. The molecule has 0 saturated heterocycles. The number of carbonyl (C=O) groups is 2. The molecule has 1 unspecified atom stereocenters. The number of fused-ring (bicyclic) bond motifs is 2. The second-order valence-electron chi connectivity index (χ2n) is 10.1. The highest BCUT2D eigenvalue weighted by Crippen LogP contribution is 2.42. The van der Waals surface area contributed by atoms with Crippen LogP contribution in [0.5, 0.6) is 0 Å². The first kappa shape index (κ1) is 29.4. The summed E-state index contributed by atoms with van der Waals surface area (Å²) >= 11 is 1.13. The van der Waals surface area contributed by atoms with Gasteiger partial charge in [-0.05, 0) is 64.4 Å². The second-order valence-corrected chi connectivity index (χ2v) is 11.1. The summed E-state index contributed by atoms with van der Waals surface area (Å²) in [7, 11) is 1.53. The van der Waals surface area contributed by atoms with Gasteiger partial charge in [0, 0.05) is 38.2 Å². The van der Waals surface area contributed by atoms with Crippen molar-refractivity contribution < 1.29 is 27.9 Å². The van der Waals surface area contributed by atoms with E-state index < -0.39 is 29.3 Å². The van der Waals surface area contributed by atoms with E-state index in [0.717, 1.165) is 40.4 Å². The molecule has 2 heterocycles. The zero-order valence-corrected chi connectivity index (χ0v) is 23.5. The normalized spacial score (nSPS) is 15.4. The van der Waals surface area contributed by atoms with E-state index in [1.165, 1.54) is 23.7 Å². The Hall–Kier alpha value is -4.09. The van der Waals surface area contributed by atoms with Crippen molar-refractivity contribution in [2.75, 3.05) is 20.1 Å². The fourth-order valence-electron chi connectivity index (χ4n) is 5.29. The predicted molar refractivity (Wildman–Crippen MR) is 155 cm³/mol. The Morgan fingerprint density at radius 1 is 1.02 bits per heavy atom. The van der Waals surface area contributed by atoms with Crippen molar-refractivity contribution in [2.24, 2.45) is 0 Å². The number of amides is 1. The second kappa shape index (κ2) is 12.0. The fourth-order valence-corrected chi connectivity index (χ4v) is 6.61. The molecule has 4 aromatic rings. The van der Waals surface area contributed by atoms with Gasteiger partial charge in [-0.15, -0.1) is 0 Å². The highest BCUT2D eigenvalue weighted by atomic mass is 32.2. The first-order valence-electron chi connectivity index (χ1n) is 13.4. The van der Waals surface area contributed by atoms with E-state index in [4.69, 9.17) is 0 Å². The molecule has 5 rings (SSSR count). The lowest BCUT2D eigenvalue weighted by Crippen LogP contribution is -2.42. The lowest BCUT2D eigenvalue weighted by Gasteiger charge is -2.34. The Morgan fingerprint density at radius 3 is 2.50 bits per heavy atom. The van der Waals surface area contributed by atoms with E-state index in [1.807, 2.05) is 42.5 Å². The molecule has 1 amide bonds. The van der Waals surface area contributed by atoms with Gasteiger partial charge in [-0.1, -0.05) is 54.6 Å². The topological polar surface area (TPSA) is 91.6 Å². The molecular weight excluding hydrogens is 567 g/mol. The molecule has 0 spiro atoms. The summed E-state index contributed by atoms with van der Waals surface area (Å²) in [5, 5.41) is 14.8. The van der Waals surface area contributed by atoms with E-state index in [2.05, 4.69) is 5.32 Å². The number of alkyl halides is 3. The minimum atomic E-state index is -4.60.